The number of aromatic nitrogens is 1. The van der Waals surface area contributed by atoms with E-state index >= 15 is 0 Å². The molecule has 13 heavy (non-hydrogen) atoms. The van der Waals surface area contributed by atoms with E-state index in [4.69, 9.17) is 0 Å². The van der Waals surface area contributed by atoms with E-state index in [1.165, 1.54) is 19.3 Å². The van der Waals surface area contributed by atoms with Crippen LogP contribution < -0.4 is 5.56 Å². The van der Waals surface area contributed by atoms with Crippen LogP contribution in [0.25, 0.3) is 0 Å². The van der Waals surface area contributed by atoms with Gasteiger partial charge in [-0.1, -0.05) is 12.8 Å². The average molecular weight is 289 g/mol. The van der Waals surface area contributed by atoms with Gasteiger partial charge in [0.1, 0.15) is 0 Å². The lowest BCUT2D eigenvalue weighted by Crippen LogP contribution is -2.18. The molecule has 1 aliphatic rings. The molecule has 0 bridgehead atoms. The van der Waals surface area contributed by atoms with E-state index in [1.54, 1.807) is 6.07 Å². The summed E-state index contributed by atoms with van der Waals surface area (Å²) in [5, 5.41) is 0. The molecule has 0 unspecified atom stereocenters. The Kier molecular flexibility index (Phi) is 2.71. The largest absolute Gasteiger partial charge is 0.314 e. The summed E-state index contributed by atoms with van der Waals surface area (Å²) in [5.41, 5.74) is 0.126. The highest BCUT2D eigenvalue weighted by Gasteiger charge is 2.20. The summed E-state index contributed by atoms with van der Waals surface area (Å²) in [6.07, 6.45) is 5.82. The molecule has 0 aliphatic heterocycles. The molecule has 0 aromatic carbocycles. The molecular formula is C10H12INO. The van der Waals surface area contributed by atoms with E-state index in [-0.39, 0.29) is 5.56 Å². The van der Waals surface area contributed by atoms with Crippen molar-refractivity contribution in [3.05, 3.63) is 32.3 Å². The van der Waals surface area contributed by atoms with E-state index in [0.717, 1.165) is 16.0 Å². The van der Waals surface area contributed by atoms with Crippen LogP contribution in [-0.4, -0.2) is 4.57 Å². The molecule has 0 saturated heterocycles. The highest BCUT2D eigenvalue weighted by molar-refractivity contribution is 14.1. The van der Waals surface area contributed by atoms with Crippen LogP contribution in [-0.2, 0) is 6.54 Å². The first-order valence-corrected chi connectivity index (χ1v) is 5.69. The number of aryl methyl sites for hydroxylation is 1. The Morgan fingerprint density at radius 2 is 2.23 bits per heavy atom. The SMILES string of the molecule is O=c1ccc(I)cn1CCC1CC1. The monoisotopic (exact) mass is 289 g/mol. The standard InChI is InChI=1S/C10H12INO/c11-9-3-4-10(13)12(7-9)6-5-8-1-2-8/h3-4,7-8H,1-2,5-6H2. The minimum Gasteiger partial charge on any atom is -0.314 e. The molecule has 1 aromatic rings. The van der Waals surface area contributed by atoms with Gasteiger partial charge < -0.3 is 4.57 Å². The van der Waals surface area contributed by atoms with Gasteiger partial charge in [0, 0.05) is 22.4 Å². The zero-order chi connectivity index (χ0) is 9.26. The summed E-state index contributed by atoms with van der Waals surface area (Å²) >= 11 is 2.24. The molecule has 0 radical (unpaired) electrons. The number of hydrogen-bond acceptors (Lipinski definition) is 1. The van der Waals surface area contributed by atoms with Crippen LogP contribution in [0, 0.1) is 9.49 Å². The van der Waals surface area contributed by atoms with Crippen LogP contribution in [0.3, 0.4) is 0 Å². The minimum atomic E-state index is 0.126. The van der Waals surface area contributed by atoms with Crippen molar-refractivity contribution in [2.75, 3.05) is 0 Å². The lowest BCUT2D eigenvalue weighted by molar-refractivity contribution is 0.580. The third kappa shape index (κ3) is 2.56. The molecule has 0 atom stereocenters. The van der Waals surface area contributed by atoms with E-state index < -0.39 is 0 Å². The van der Waals surface area contributed by atoms with Crippen molar-refractivity contribution in [2.45, 2.75) is 25.8 Å². The summed E-state index contributed by atoms with van der Waals surface area (Å²) in [6.45, 7) is 0.889. The molecule has 2 rings (SSSR count). The maximum atomic E-state index is 11.4. The van der Waals surface area contributed by atoms with Crippen molar-refractivity contribution < 1.29 is 0 Å². The highest BCUT2D eigenvalue weighted by atomic mass is 127. The molecule has 1 heterocycles. The maximum absolute atomic E-state index is 11.4. The van der Waals surface area contributed by atoms with Gasteiger partial charge in [-0.25, -0.2) is 0 Å². The second-order valence-corrected chi connectivity index (χ2v) is 4.86. The summed E-state index contributed by atoms with van der Waals surface area (Å²) in [6, 6.07) is 3.51. The van der Waals surface area contributed by atoms with Crippen molar-refractivity contribution in [1.29, 1.82) is 0 Å². The van der Waals surface area contributed by atoms with Gasteiger partial charge in [-0.2, -0.15) is 0 Å². The third-order valence-corrected chi connectivity index (χ3v) is 3.06. The van der Waals surface area contributed by atoms with Gasteiger partial charge in [0.05, 0.1) is 0 Å². The predicted octanol–water partition coefficient (Wildman–Crippen LogP) is 2.25. The number of pyridine rings is 1. The molecule has 0 spiro atoms. The van der Waals surface area contributed by atoms with Gasteiger partial charge in [0.2, 0.25) is 0 Å². The first kappa shape index (κ1) is 9.24. The van der Waals surface area contributed by atoms with Crippen LogP contribution in [0.4, 0.5) is 0 Å². The molecule has 1 saturated carbocycles. The molecule has 1 fully saturated rings. The first-order chi connectivity index (χ1) is 6.25. The van der Waals surface area contributed by atoms with Crippen LogP contribution in [0.15, 0.2) is 23.1 Å². The van der Waals surface area contributed by atoms with Gasteiger partial charge in [0.15, 0.2) is 0 Å². The van der Waals surface area contributed by atoms with E-state index in [9.17, 15) is 4.79 Å². The smallest absolute Gasteiger partial charge is 0.250 e. The maximum Gasteiger partial charge on any atom is 0.250 e. The normalized spacial score (nSPS) is 16.1. The van der Waals surface area contributed by atoms with E-state index in [1.807, 2.05) is 16.8 Å². The number of rotatable bonds is 3. The number of hydrogen-bond donors (Lipinski definition) is 0. The topological polar surface area (TPSA) is 22.0 Å². The Labute approximate surface area is 91.1 Å². The second kappa shape index (κ2) is 3.82. The van der Waals surface area contributed by atoms with Gasteiger partial charge in [-0.05, 0) is 41.0 Å². The summed E-state index contributed by atoms with van der Waals surface area (Å²) < 4.78 is 2.95. The number of nitrogens with zero attached hydrogens (tertiary/aromatic N) is 1. The van der Waals surface area contributed by atoms with Crippen LogP contribution >= 0.6 is 22.6 Å². The Morgan fingerprint density at radius 3 is 2.92 bits per heavy atom. The Hall–Kier alpha value is -0.320. The van der Waals surface area contributed by atoms with Crippen molar-refractivity contribution in [3.63, 3.8) is 0 Å². The molecule has 3 heteroatoms. The lowest BCUT2D eigenvalue weighted by atomic mass is 10.3. The van der Waals surface area contributed by atoms with Crippen LogP contribution in [0.2, 0.25) is 0 Å². The van der Waals surface area contributed by atoms with Crippen molar-refractivity contribution >= 4 is 22.6 Å². The van der Waals surface area contributed by atoms with Crippen molar-refractivity contribution in [3.8, 4) is 0 Å². The molecule has 0 N–H and O–H groups in total. The fraction of sp³-hybridized carbons (Fsp3) is 0.500. The third-order valence-electron chi connectivity index (χ3n) is 2.42. The lowest BCUT2D eigenvalue weighted by Gasteiger charge is -2.04. The molecular weight excluding hydrogens is 277 g/mol. The van der Waals surface area contributed by atoms with Crippen molar-refractivity contribution in [2.24, 2.45) is 5.92 Å². The predicted molar refractivity (Wildman–Crippen MR) is 60.8 cm³/mol. The molecule has 1 aromatic heterocycles. The molecule has 0 amide bonds. The summed E-state index contributed by atoms with van der Waals surface area (Å²) in [4.78, 5) is 11.4. The Bertz CT molecular complexity index is 354. The van der Waals surface area contributed by atoms with E-state index in [2.05, 4.69) is 22.6 Å². The minimum absolute atomic E-state index is 0.126. The van der Waals surface area contributed by atoms with Gasteiger partial charge in [0.25, 0.3) is 5.56 Å². The average Bonchev–Trinajstić information content (AvgIpc) is 2.90. The zero-order valence-corrected chi connectivity index (χ0v) is 9.53. The summed E-state index contributed by atoms with van der Waals surface area (Å²) in [5.74, 6) is 0.893. The second-order valence-electron chi connectivity index (χ2n) is 3.61. The van der Waals surface area contributed by atoms with Crippen LogP contribution in [0.5, 0.6) is 0 Å². The first-order valence-electron chi connectivity index (χ1n) is 4.62. The number of halogens is 1. The Balaban J connectivity index is 2.08. The molecule has 70 valence electrons. The zero-order valence-electron chi connectivity index (χ0n) is 7.37. The van der Waals surface area contributed by atoms with Gasteiger partial charge >= 0.3 is 0 Å². The Morgan fingerprint density at radius 1 is 1.46 bits per heavy atom. The highest BCUT2D eigenvalue weighted by Crippen LogP contribution is 2.32. The van der Waals surface area contributed by atoms with Crippen molar-refractivity contribution in [1.82, 2.24) is 4.57 Å². The molecule has 1 aliphatic carbocycles. The van der Waals surface area contributed by atoms with Crippen LogP contribution in [0.1, 0.15) is 19.3 Å². The van der Waals surface area contributed by atoms with Gasteiger partial charge in [-0.3, -0.25) is 4.79 Å². The van der Waals surface area contributed by atoms with E-state index in [0.29, 0.717) is 0 Å². The quantitative estimate of drug-likeness (QED) is 0.782. The summed E-state index contributed by atoms with van der Waals surface area (Å²) in [7, 11) is 0. The fourth-order valence-electron chi connectivity index (χ4n) is 1.41. The fourth-order valence-corrected chi connectivity index (χ4v) is 1.92. The van der Waals surface area contributed by atoms with Gasteiger partial charge in [-0.15, -0.1) is 0 Å². The molecule has 2 nitrogen and oxygen atoms in total.